The smallest absolute Gasteiger partial charge is 0.165 e. The van der Waals surface area contributed by atoms with Gasteiger partial charge in [-0.2, -0.15) is 0 Å². The van der Waals surface area contributed by atoms with Crippen molar-refractivity contribution in [3.63, 3.8) is 0 Å². The van der Waals surface area contributed by atoms with Crippen molar-refractivity contribution in [2.75, 3.05) is 13.7 Å². The number of rotatable bonds is 5. The van der Waals surface area contributed by atoms with Crippen molar-refractivity contribution in [2.45, 2.75) is 19.9 Å². The molecule has 2 aromatic rings. The van der Waals surface area contributed by atoms with Crippen molar-refractivity contribution in [3.05, 3.63) is 53.4 Å². The van der Waals surface area contributed by atoms with Crippen molar-refractivity contribution in [1.82, 2.24) is 15.3 Å². The molecule has 0 spiro atoms. The Hall–Kier alpha value is -2.01. The summed E-state index contributed by atoms with van der Waals surface area (Å²) in [6.45, 7) is 4.59. The van der Waals surface area contributed by atoms with Gasteiger partial charge in [0.2, 0.25) is 0 Å². The summed E-state index contributed by atoms with van der Waals surface area (Å²) in [4.78, 5) is 8.50. The van der Waals surface area contributed by atoms with Crippen molar-refractivity contribution in [1.29, 1.82) is 0 Å². The van der Waals surface area contributed by atoms with E-state index >= 15 is 0 Å². The number of ether oxygens (including phenoxy) is 1. The fourth-order valence-electron chi connectivity index (χ4n) is 2.09. The summed E-state index contributed by atoms with van der Waals surface area (Å²) < 4.78 is 18.8. The van der Waals surface area contributed by atoms with Crippen molar-refractivity contribution >= 4 is 0 Å². The second-order valence-corrected chi connectivity index (χ2v) is 4.41. The molecule has 0 amide bonds. The van der Waals surface area contributed by atoms with Crippen LogP contribution in [0.5, 0.6) is 5.75 Å². The van der Waals surface area contributed by atoms with Gasteiger partial charge in [-0.15, -0.1) is 0 Å². The molecule has 0 aliphatic heterocycles. The van der Waals surface area contributed by atoms with Crippen LogP contribution in [0.3, 0.4) is 0 Å². The van der Waals surface area contributed by atoms with E-state index in [0.29, 0.717) is 5.82 Å². The highest BCUT2D eigenvalue weighted by Gasteiger charge is 2.16. The summed E-state index contributed by atoms with van der Waals surface area (Å²) in [7, 11) is 1.45. The van der Waals surface area contributed by atoms with Crippen LogP contribution < -0.4 is 10.1 Å². The lowest BCUT2D eigenvalue weighted by atomic mass is 10.0. The average Bonchev–Trinajstić information content (AvgIpc) is 2.44. The zero-order valence-electron chi connectivity index (χ0n) is 11.9. The second-order valence-electron chi connectivity index (χ2n) is 4.41. The Bertz CT molecular complexity index is 589. The second kappa shape index (κ2) is 6.43. The molecular formula is C15H18FN3O. The van der Waals surface area contributed by atoms with Gasteiger partial charge in [0.05, 0.1) is 18.8 Å². The quantitative estimate of drug-likeness (QED) is 0.911. The van der Waals surface area contributed by atoms with Gasteiger partial charge in [-0.05, 0) is 37.2 Å². The Morgan fingerprint density at radius 3 is 2.75 bits per heavy atom. The molecular weight excluding hydrogens is 257 g/mol. The predicted molar refractivity (Wildman–Crippen MR) is 75.2 cm³/mol. The minimum atomic E-state index is -0.376. The number of hydrogen-bond acceptors (Lipinski definition) is 4. The van der Waals surface area contributed by atoms with Crippen LogP contribution in [0.1, 0.15) is 30.0 Å². The van der Waals surface area contributed by atoms with E-state index in [4.69, 9.17) is 4.74 Å². The molecule has 0 radical (unpaired) electrons. The molecule has 1 N–H and O–H groups in total. The summed E-state index contributed by atoms with van der Waals surface area (Å²) in [6, 6.07) is 6.61. The fraction of sp³-hybridized carbons (Fsp3) is 0.333. The Morgan fingerprint density at radius 2 is 2.15 bits per heavy atom. The highest BCUT2D eigenvalue weighted by atomic mass is 19.1. The van der Waals surface area contributed by atoms with E-state index in [1.807, 2.05) is 26.0 Å². The third-order valence-electron chi connectivity index (χ3n) is 3.01. The normalized spacial score (nSPS) is 12.2. The molecule has 1 unspecified atom stereocenters. The van der Waals surface area contributed by atoms with Gasteiger partial charge in [0.1, 0.15) is 5.82 Å². The number of halogens is 1. The molecule has 20 heavy (non-hydrogen) atoms. The van der Waals surface area contributed by atoms with E-state index in [1.54, 1.807) is 12.3 Å². The van der Waals surface area contributed by atoms with Gasteiger partial charge in [0.15, 0.2) is 11.6 Å². The van der Waals surface area contributed by atoms with E-state index in [9.17, 15) is 4.39 Å². The number of nitrogens with one attached hydrogen (secondary N) is 1. The zero-order chi connectivity index (χ0) is 14.5. The third-order valence-corrected chi connectivity index (χ3v) is 3.01. The Labute approximate surface area is 118 Å². The number of aromatic nitrogens is 2. The average molecular weight is 275 g/mol. The minimum Gasteiger partial charge on any atom is -0.494 e. The molecule has 1 heterocycles. The molecule has 0 saturated heterocycles. The van der Waals surface area contributed by atoms with Crippen LogP contribution in [0.4, 0.5) is 4.39 Å². The van der Waals surface area contributed by atoms with E-state index in [0.717, 1.165) is 17.8 Å². The molecule has 4 nitrogen and oxygen atoms in total. The van der Waals surface area contributed by atoms with Crippen LogP contribution >= 0.6 is 0 Å². The minimum absolute atomic E-state index is 0.165. The Kier molecular flexibility index (Phi) is 4.63. The van der Waals surface area contributed by atoms with Gasteiger partial charge >= 0.3 is 0 Å². The largest absolute Gasteiger partial charge is 0.494 e. The number of nitrogens with zero attached hydrogens (tertiary/aromatic N) is 2. The molecule has 1 aromatic heterocycles. The standard InChI is InChI=1S/C15H18FN3O/c1-4-17-15(13-7-8-18-10(2)19-13)11-5-6-14(20-3)12(16)9-11/h5-9,15,17H,4H2,1-3H3. The molecule has 0 fully saturated rings. The zero-order valence-corrected chi connectivity index (χ0v) is 11.9. The molecule has 5 heteroatoms. The SMILES string of the molecule is CCNC(c1ccc(OC)c(F)c1)c1ccnc(C)n1. The van der Waals surface area contributed by atoms with Crippen molar-refractivity contribution in [2.24, 2.45) is 0 Å². The first-order chi connectivity index (χ1) is 9.65. The highest BCUT2D eigenvalue weighted by molar-refractivity contribution is 5.34. The topological polar surface area (TPSA) is 47.0 Å². The monoisotopic (exact) mass is 275 g/mol. The maximum atomic E-state index is 13.9. The van der Waals surface area contributed by atoms with Crippen molar-refractivity contribution in [3.8, 4) is 5.75 Å². The van der Waals surface area contributed by atoms with Crippen LogP contribution in [-0.2, 0) is 0 Å². The first-order valence-electron chi connectivity index (χ1n) is 6.52. The first-order valence-corrected chi connectivity index (χ1v) is 6.52. The molecule has 0 aliphatic carbocycles. The number of hydrogen-bond donors (Lipinski definition) is 1. The summed E-state index contributed by atoms with van der Waals surface area (Å²) in [5.74, 6) is 0.556. The van der Waals surface area contributed by atoms with E-state index in [-0.39, 0.29) is 17.6 Å². The molecule has 0 aliphatic rings. The molecule has 0 bridgehead atoms. The summed E-state index contributed by atoms with van der Waals surface area (Å²) in [5.41, 5.74) is 1.63. The van der Waals surface area contributed by atoms with Crippen LogP contribution in [0.15, 0.2) is 30.5 Å². The predicted octanol–water partition coefficient (Wildman–Crippen LogP) is 2.63. The third kappa shape index (κ3) is 3.11. The number of methoxy groups -OCH3 is 1. The summed E-state index contributed by atoms with van der Waals surface area (Å²) in [5, 5.41) is 3.31. The van der Waals surface area contributed by atoms with Gasteiger partial charge in [0, 0.05) is 6.20 Å². The van der Waals surface area contributed by atoms with Gasteiger partial charge in [-0.25, -0.2) is 14.4 Å². The molecule has 106 valence electrons. The molecule has 1 aromatic carbocycles. The number of aryl methyl sites for hydroxylation is 1. The van der Waals surface area contributed by atoms with Gasteiger partial charge in [-0.3, -0.25) is 0 Å². The maximum Gasteiger partial charge on any atom is 0.165 e. The molecule has 2 rings (SSSR count). The number of benzene rings is 1. The van der Waals surface area contributed by atoms with Crippen LogP contribution in [0, 0.1) is 12.7 Å². The Morgan fingerprint density at radius 1 is 1.35 bits per heavy atom. The highest BCUT2D eigenvalue weighted by Crippen LogP contribution is 2.25. The molecule has 0 saturated carbocycles. The summed E-state index contributed by atoms with van der Waals surface area (Å²) >= 11 is 0. The summed E-state index contributed by atoms with van der Waals surface area (Å²) in [6.07, 6.45) is 1.71. The van der Waals surface area contributed by atoms with E-state index in [1.165, 1.54) is 13.2 Å². The van der Waals surface area contributed by atoms with E-state index < -0.39 is 0 Å². The maximum absolute atomic E-state index is 13.9. The van der Waals surface area contributed by atoms with E-state index in [2.05, 4.69) is 15.3 Å². The lowest BCUT2D eigenvalue weighted by molar-refractivity contribution is 0.385. The fourth-order valence-corrected chi connectivity index (χ4v) is 2.09. The van der Waals surface area contributed by atoms with Crippen molar-refractivity contribution < 1.29 is 9.13 Å². The van der Waals surface area contributed by atoms with Crippen LogP contribution in [0.2, 0.25) is 0 Å². The lowest BCUT2D eigenvalue weighted by Crippen LogP contribution is -2.23. The van der Waals surface area contributed by atoms with Crippen LogP contribution in [0.25, 0.3) is 0 Å². The Balaban J connectivity index is 2.40. The van der Waals surface area contributed by atoms with Crippen LogP contribution in [-0.4, -0.2) is 23.6 Å². The molecule has 1 atom stereocenters. The van der Waals surface area contributed by atoms with Gasteiger partial charge < -0.3 is 10.1 Å². The van der Waals surface area contributed by atoms with Gasteiger partial charge in [-0.1, -0.05) is 13.0 Å². The van der Waals surface area contributed by atoms with Gasteiger partial charge in [0.25, 0.3) is 0 Å². The first kappa shape index (κ1) is 14.4. The lowest BCUT2D eigenvalue weighted by Gasteiger charge is -2.18.